The van der Waals surface area contributed by atoms with Gasteiger partial charge in [0.25, 0.3) is 5.91 Å². The van der Waals surface area contributed by atoms with Crippen LogP contribution in [0.4, 0.5) is 10.1 Å². The highest BCUT2D eigenvalue weighted by Gasteiger charge is 2.29. The van der Waals surface area contributed by atoms with Gasteiger partial charge in [-0.25, -0.2) is 4.39 Å². The van der Waals surface area contributed by atoms with Gasteiger partial charge in [0.1, 0.15) is 6.61 Å². The molecule has 4 aromatic rings. The van der Waals surface area contributed by atoms with Crippen molar-refractivity contribution in [2.45, 2.75) is 57.8 Å². The lowest BCUT2D eigenvalue weighted by Crippen LogP contribution is -2.52. The number of nitriles is 1. The molecule has 0 unspecified atom stereocenters. The number of anilines is 1. The molecular formula is C39H42FN7O2. The first-order chi connectivity index (χ1) is 24.0. The van der Waals surface area contributed by atoms with E-state index in [1.807, 2.05) is 6.07 Å². The highest BCUT2D eigenvalue weighted by atomic mass is 19.1. The quantitative estimate of drug-likeness (QED) is 0.233. The zero-order chi connectivity index (χ0) is 33.7. The smallest absolute Gasteiger partial charge is 0.317 e. The number of halogens is 1. The molecule has 3 aliphatic heterocycles. The molecule has 252 valence electrons. The molecule has 0 spiro atoms. The molecule has 9 nitrogen and oxygen atoms in total. The lowest BCUT2D eigenvalue weighted by atomic mass is 9.98. The van der Waals surface area contributed by atoms with Crippen molar-refractivity contribution in [2.75, 3.05) is 44.2 Å². The van der Waals surface area contributed by atoms with Crippen molar-refractivity contribution in [3.05, 3.63) is 101 Å². The van der Waals surface area contributed by atoms with Crippen LogP contribution in [0, 0.1) is 18.3 Å². The van der Waals surface area contributed by atoms with Gasteiger partial charge in [0.15, 0.2) is 5.83 Å². The van der Waals surface area contributed by atoms with Gasteiger partial charge >= 0.3 is 6.01 Å². The standard InChI is InChI=1S/C39H42FN7O2/c1-27-8-5-11-29-12-6-14-36(37(27)29)46-20-16-32-34(22-33(40)38(48)47-21-18-42-30(24-47)15-17-41)43-39(44-35(32)25-46)49-26-31-13-7-19-45(31)23-28-9-3-2-4-10-28/h2-6,8-12,14,22,30-31,42H,7,13,15-16,18-21,23-26H2,1H3/t30-,31-/m0/s1. The minimum absolute atomic E-state index is 0.178. The molecule has 0 bridgehead atoms. The first kappa shape index (κ1) is 32.7. The molecule has 2 atom stereocenters. The normalized spacial score (nSPS) is 19.9. The number of fused-ring (bicyclic) bond motifs is 2. The number of nitrogens with one attached hydrogen (secondary N) is 1. The van der Waals surface area contributed by atoms with Gasteiger partial charge in [-0.05, 0) is 55.3 Å². The molecule has 0 aliphatic carbocycles. The van der Waals surface area contributed by atoms with Gasteiger partial charge in [0.05, 0.1) is 30.4 Å². The number of likely N-dealkylation sites (tertiary alicyclic amines) is 1. The maximum atomic E-state index is 15.8. The van der Waals surface area contributed by atoms with E-state index in [0.29, 0.717) is 44.9 Å². The number of aryl methyl sites for hydroxylation is 1. The van der Waals surface area contributed by atoms with Crippen LogP contribution in [0.25, 0.3) is 16.8 Å². The van der Waals surface area contributed by atoms with Crippen molar-refractivity contribution >= 4 is 28.4 Å². The zero-order valence-electron chi connectivity index (χ0n) is 27.9. The molecule has 4 heterocycles. The second-order valence-corrected chi connectivity index (χ2v) is 13.3. The van der Waals surface area contributed by atoms with Crippen molar-refractivity contribution in [3.63, 3.8) is 0 Å². The molecule has 1 N–H and O–H groups in total. The van der Waals surface area contributed by atoms with Crippen molar-refractivity contribution < 1.29 is 13.9 Å². The van der Waals surface area contributed by atoms with E-state index in [1.165, 1.54) is 32.9 Å². The van der Waals surface area contributed by atoms with Crippen LogP contribution in [0.3, 0.4) is 0 Å². The van der Waals surface area contributed by atoms with Gasteiger partial charge in [-0.3, -0.25) is 9.69 Å². The van der Waals surface area contributed by atoms with Gasteiger partial charge in [-0.1, -0.05) is 60.7 Å². The highest BCUT2D eigenvalue weighted by molar-refractivity contribution is 5.97. The van der Waals surface area contributed by atoms with Gasteiger partial charge in [-0.2, -0.15) is 15.2 Å². The predicted octanol–water partition coefficient (Wildman–Crippen LogP) is 5.57. The molecule has 7 rings (SSSR count). The molecule has 10 heteroatoms. The largest absolute Gasteiger partial charge is 0.462 e. The minimum atomic E-state index is -0.874. The number of benzene rings is 3. The van der Waals surface area contributed by atoms with Crippen molar-refractivity contribution in [2.24, 2.45) is 0 Å². The van der Waals surface area contributed by atoms with Crippen LogP contribution in [-0.2, 0) is 24.3 Å². The maximum absolute atomic E-state index is 15.8. The number of ether oxygens (including phenoxy) is 1. The summed E-state index contributed by atoms with van der Waals surface area (Å²) < 4.78 is 22.1. The van der Waals surface area contributed by atoms with E-state index in [1.54, 1.807) is 0 Å². The van der Waals surface area contributed by atoms with E-state index >= 15 is 4.39 Å². The summed E-state index contributed by atoms with van der Waals surface area (Å²) in [6.07, 6.45) is 4.21. The summed E-state index contributed by atoms with van der Waals surface area (Å²) in [5.41, 5.74) is 5.59. The Morgan fingerprint density at radius 2 is 1.92 bits per heavy atom. The van der Waals surface area contributed by atoms with Crippen molar-refractivity contribution in [1.29, 1.82) is 5.26 Å². The SMILES string of the molecule is Cc1cccc2cccc(N3CCc4c(C=C(F)C(=O)N5CCN[C@@H](CC#N)C5)nc(OC[C@@H]5CCCN5Cc5ccccc5)nc4C3)c12. The molecule has 3 aromatic carbocycles. The topological polar surface area (TPSA) is 97.6 Å². The Morgan fingerprint density at radius 1 is 1.08 bits per heavy atom. The number of nitrogens with zero attached hydrogens (tertiary/aromatic N) is 6. The number of carbonyl (C=O) groups excluding carboxylic acids is 1. The second kappa shape index (κ2) is 14.7. The summed E-state index contributed by atoms with van der Waals surface area (Å²) in [5, 5.41) is 14.7. The van der Waals surface area contributed by atoms with Crippen LogP contribution >= 0.6 is 0 Å². The Balaban J connectivity index is 1.17. The third-order valence-electron chi connectivity index (χ3n) is 9.99. The van der Waals surface area contributed by atoms with Crippen molar-refractivity contribution in [1.82, 2.24) is 25.1 Å². The Morgan fingerprint density at radius 3 is 2.76 bits per heavy atom. The lowest BCUT2D eigenvalue weighted by Gasteiger charge is -2.32. The van der Waals surface area contributed by atoms with E-state index in [9.17, 15) is 4.79 Å². The molecule has 1 amide bonds. The molecular weight excluding hydrogens is 617 g/mol. The number of amides is 1. The summed E-state index contributed by atoms with van der Waals surface area (Å²) in [6, 6.07) is 25.5. The first-order valence-electron chi connectivity index (χ1n) is 17.3. The van der Waals surface area contributed by atoms with Gasteiger partial charge in [0.2, 0.25) is 0 Å². The molecule has 0 radical (unpaired) electrons. The molecule has 0 saturated carbocycles. The first-order valence-corrected chi connectivity index (χ1v) is 17.3. The lowest BCUT2D eigenvalue weighted by molar-refractivity contribution is -0.129. The van der Waals surface area contributed by atoms with Crippen LogP contribution in [0.1, 0.15) is 47.3 Å². The number of piperazine rings is 1. The van der Waals surface area contributed by atoms with Crippen LogP contribution < -0.4 is 15.0 Å². The van der Waals surface area contributed by atoms with E-state index in [4.69, 9.17) is 20.0 Å². The Kier molecular flexibility index (Phi) is 9.82. The van der Waals surface area contributed by atoms with Crippen LogP contribution in [0.15, 0.2) is 72.6 Å². The van der Waals surface area contributed by atoms with E-state index < -0.39 is 11.7 Å². The number of carbonyl (C=O) groups is 1. The molecule has 49 heavy (non-hydrogen) atoms. The van der Waals surface area contributed by atoms with E-state index in [0.717, 1.165) is 42.9 Å². The minimum Gasteiger partial charge on any atom is -0.462 e. The number of rotatable bonds is 9. The molecule has 2 fully saturated rings. The number of aromatic nitrogens is 2. The highest BCUT2D eigenvalue weighted by Crippen LogP contribution is 2.34. The van der Waals surface area contributed by atoms with Gasteiger partial charge in [0, 0.05) is 67.5 Å². The summed E-state index contributed by atoms with van der Waals surface area (Å²) in [6.45, 7) is 6.77. The molecule has 1 aromatic heterocycles. The fraction of sp³-hybridized carbons (Fsp3) is 0.385. The predicted molar refractivity (Wildman–Crippen MR) is 189 cm³/mol. The summed E-state index contributed by atoms with van der Waals surface area (Å²) in [7, 11) is 0. The van der Waals surface area contributed by atoms with Crippen LogP contribution in [-0.4, -0.2) is 77.1 Å². The molecule has 2 saturated heterocycles. The molecule has 3 aliphatic rings. The second-order valence-electron chi connectivity index (χ2n) is 13.3. The summed E-state index contributed by atoms with van der Waals surface area (Å²) in [5.74, 6) is -1.56. The Bertz CT molecular complexity index is 1890. The summed E-state index contributed by atoms with van der Waals surface area (Å²) in [4.78, 5) is 29.1. The van der Waals surface area contributed by atoms with Crippen molar-refractivity contribution in [3.8, 4) is 12.1 Å². The Labute approximate surface area is 287 Å². The third kappa shape index (κ3) is 7.28. The maximum Gasteiger partial charge on any atom is 0.317 e. The third-order valence-corrected chi connectivity index (χ3v) is 9.99. The number of hydrogen-bond acceptors (Lipinski definition) is 8. The zero-order valence-corrected chi connectivity index (χ0v) is 27.9. The van der Waals surface area contributed by atoms with Gasteiger partial charge in [-0.15, -0.1) is 0 Å². The average molecular weight is 660 g/mol. The summed E-state index contributed by atoms with van der Waals surface area (Å²) >= 11 is 0. The fourth-order valence-corrected chi connectivity index (χ4v) is 7.47. The number of hydrogen-bond donors (Lipinski definition) is 1. The Hall–Kier alpha value is -4.85. The van der Waals surface area contributed by atoms with Crippen LogP contribution in [0.5, 0.6) is 6.01 Å². The fourth-order valence-electron chi connectivity index (χ4n) is 7.47. The monoisotopic (exact) mass is 659 g/mol. The van der Waals surface area contributed by atoms with Gasteiger partial charge < -0.3 is 19.9 Å². The van der Waals surface area contributed by atoms with Crippen LogP contribution in [0.2, 0.25) is 0 Å². The van der Waals surface area contributed by atoms with E-state index in [-0.39, 0.29) is 31.1 Å². The average Bonchev–Trinajstić information content (AvgIpc) is 3.57. The van der Waals surface area contributed by atoms with E-state index in [2.05, 4.69) is 88.8 Å².